The predicted molar refractivity (Wildman–Crippen MR) is 50.6 cm³/mol. The van der Waals surface area contributed by atoms with Gasteiger partial charge < -0.3 is 10.4 Å². The zero-order valence-electron chi connectivity index (χ0n) is 8.21. The number of carbonyl (C=O) groups is 1. The molecule has 0 aliphatic carbocycles. The summed E-state index contributed by atoms with van der Waals surface area (Å²) in [5, 5.41) is 11.4. The molecule has 3 nitrogen and oxygen atoms in total. The van der Waals surface area contributed by atoms with Crippen LogP contribution in [0, 0.1) is 0 Å². The summed E-state index contributed by atoms with van der Waals surface area (Å²) in [4.78, 5) is 10.8. The van der Waals surface area contributed by atoms with Crippen molar-refractivity contribution in [1.29, 1.82) is 0 Å². The Morgan fingerprint density at radius 3 is 2.50 bits per heavy atom. The van der Waals surface area contributed by atoms with Gasteiger partial charge in [-0.2, -0.15) is 13.2 Å². The number of phenolic OH excluding ortho intramolecular Hbond substituents is 1. The number of halogens is 3. The van der Waals surface area contributed by atoms with Gasteiger partial charge in [-0.3, -0.25) is 4.79 Å². The minimum atomic E-state index is -4.51. The summed E-state index contributed by atoms with van der Waals surface area (Å²) in [5.41, 5.74) is 0.373. The summed E-state index contributed by atoms with van der Waals surface area (Å²) in [5.74, 6) is -1.18. The molecule has 1 aromatic rings. The van der Waals surface area contributed by atoms with Gasteiger partial charge in [-0.15, -0.1) is 0 Å². The van der Waals surface area contributed by atoms with Crippen LogP contribution >= 0.6 is 0 Å². The first kappa shape index (κ1) is 12.4. The van der Waals surface area contributed by atoms with Gasteiger partial charge in [0, 0.05) is 12.1 Å². The first-order valence-corrected chi connectivity index (χ1v) is 4.49. The van der Waals surface area contributed by atoms with Crippen LogP contribution in [-0.4, -0.2) is 17.2 Å². The number of para-hydroxylation sites is 1. The quantitative estimate of drug-likeness (QED) is 0.838. The largest absolute Gasteiger partial charge is 0.508 e. The van der Waals surface area contributed by atoms with Crippen LogP contribution in [0.25, 0.3) is 0 Å². The second-order valence-electron chi connectivity index (χ2n) is 3.20. The molecule has 1 amide bonds. The number of phenols is 1. The highest BCUT2D eigenvalue weighted by molar-refractivity contribution is 5.76. The molecule has 0 fully saturated rings. The fraction of sp³-hybridized carbons (Fsp3) is 0.300. The monoisotopic (exact) mass is 233 g/mol. The number of amides is 1. The number of benzene rings is 1. The standard InChI is InChI=1S/C10H10F3NO2/c11-10(12,13)5-9(16)14-6-7-3-1-2-4-8(7)15/h1-4,15H,5-6H2,(H,14,16). The van der Waals surface area contributed by atoms with Crippen LogP contribution < -0.4 is 5.32 Å². The van der Waals surface area contributed by atoms with Crippen LogP contribution in [0.4, 0.5) is 13.2 Å². The summed E-state index contributed by atoms with van der Waals surface area (Å²) < 4.78 is 35.4. The fourth-order valence-electron chi connectivity index (χ4n) is 1.10. The van der Waals surface area contributed by atoms with E-state index in [1.54, 1.807) is 12.1 Å². The van der Waals surface area contributed by atoms with E-state index in [9.17, 15) is 23.1 Å². The molecule has 0 atom stereocenters. The molecule has 16 heavy (non-hydrogen) atoms. The third-order valence-corrected chi connectivity index (χ3v) is 1.83. The van der Waals surface area contributed by atoms with Crippen molar-refractivity contribution in [2.24, 2.45) is 0 Å². The number of carbonyl (C=O) groups excluding carboxylic acids is 1. The Labute approximate surface area is 89.9 Å². The molecular weight excluding hydrogens is 223 g/mol. The lowest BCUT2D eigenvalue weighted by atomic mass is 10.2. The van der Waals surface area contributed by atoms with Crippen LogP contribution in [0.2, 0.25) is 0 Å². The number of hydrogen-bond donors (Lipinski definition) is 2. The van der Waals surface area contributed by atoms with Gasteiger partial charge in [0.05, 0.1) is 0 Å². The van der Waals surface area contributed by atoms with E-state index in [1.165, 1.54) is 12.1 Å². The first-order chi connectivity index (χ1) is 7.38. The van der Waals surface area contributed by atoms with Gasteiger partial charge in [-0.05, 0) is 6.07 Å². The van der Waals surface area contributed by atoms with E-state index in [-0.39, 0.29) is 12.3 Å². The Kier molecular flexibility index (Phi) is 3.76. The highest BCUT2D eigenvalue weighted by Crippen LogP contribution is 2.19. The number of nitrogens with one attached hydrogen (secondary N) is 1. The van der Waals surface area contributed by atoms with Crippen LogP contribution in [0.5, 0.6) is 5.75 Å². The number of aromatic hydroxyl groups is 1. The Balaban J connectivity index is 2.47. The third-order valence-electron chi connectivity index (χ3n) is 1.83. The van der Waals surface area contributed by atoms with E-state index in [0.29, 0.717) is 5.56 Å². The Morgan fingerprint density at radius 2 is 1.94 bits per heavy atom. The van der Waals surface area contributed by atoms with E-state index >= 15 is 0 Å². The summed E-state index contributed by atoms with van der Waals surface area (Å²) in [6, 6.07) is 6.11. The van der Waals surface area contributed by atoms with Gasteiger partial charge in [-0.1, -0.05) is 18.2 Å². The second kappa shape index (κ2) is 4.87. The van der Waals surface area contributed by atoms with Gasteiger partial charge in [0.1, 0.15) is 12.2 Å². The van der Waals surface area contributed by atoms with Crippen LogP contribution in [0.1, 0.15) is 12.0 Å². The zero-order valence-corrected chi connectivity index (χ0v) is 8.21. The van der Waals surface area contributed by atoms with Crippen molar-refractivity contribution in [1.82, 2.24) is 5.32 Å². The molecule has 0 bridgehead atoms. The molecular formula is C10H10F3NO2. The van der Waals surface area contributed by atoms with Crippen LogP contribution in [0.3, 0.4) is 0 Å². The van der Waals surface area contributed by atoms with Crippen LogP contribution in [0.15, 0.2) is 24.3 Å². The maximum Gasteiger partial charge on any atom is 0.397 e. The van der Waals surface area contributed by atoms with Gasteiger partial charge >= 0.3 is 6.18 Å². The van der Waals surface area contributed by atoms with E-state index in [2.05, 4.69) is 5.32 Å². The zero-order chi connectivity index (χ0) is 12.2. The van der Waals surface area contributed by atoms with Gasteiger partial charge in [0.25, 0.3) is 0 Å². The predicted octanol–water partition coefficient (Wildman–Crippen LogP) is 1.96. The Bertz CT molecular complexity index is 377. The maximum atomic E-state index is 11.8. The molecule has 6 heteroatoms. The minimum Gasteiger partial charge on any atom is -0.508 e. The maximum absolute atomic E-state index is 11.8. The van der Waals surface area contributed by atoms with Crippen molar-refractivity contribution in [3.8, 4) is 5.75 Å². The van der Waals surface area contributed by atoms with Crippen molar-refractivity contribution < 1.29 is 23.1 Å². The highest BCUT2D eigenvalue weighted by atomic mass is 19.4. The molecule has 0 radical (unpaired) electrons. The van der Waals surface area contributed by atoms with Gasteiger partial charge in [0.2, 0.25) is 5.91 Å². The lowest BCUT2D eigenvalue weighted by Gasteiger charge is -2.08. The van der Waals surface area contributed by atoms with E-state index in [1.807, 2.05) is 0 Å². The van der Waals surface area contributed by atoms with Crippen molar-refractivity contribution in [3.63, 3.8) is 0 Å². The van der Waals surface area contributed by atoms with Crippen molar-refractivity contribution >= 4 is 5.91 Å². The molecule has 0 saturated carbocycles. The molecule has 2 N–H and O–H groups in total. The fourth-order valence-corrected chi connectivity index (χ4v) is 1.10. The third kappa shape index (κ3) is 4.20. The molecule has 0 aliphatic rings. The van der Waals surface area contributed by atoms with Crippen LogP contribution in [-0.2, 0) is 11.3 Å². The Morgan fingerprint density at radius 1 is 1.31 bits per heavy atom. The minimum absolute atomic E-state index is 0.0604. The van der Waals surface area contributed by atoms with Crippen molar-refractivity contribution in [2.75, 3.05) is 0 Å². The number of hydrogen-bond acceptors (Lipinski definition) is 2. The lowest BCUT2D eigenvalue weighted by molar-refractivity contribution is -0.153. The topological polar surface area (TPSA) is 49.3 Å². The average molecular weight is 233 g/mol. The number of rotatable bonds is 3. The molecule has 0 aromatic heterocycles. The van der Waals surface area contributed by atoms with Crippen molar-refractivity contribution in [2.45, 2.75) is 19.1 Å². The van der Waals surface area contributed by atoms with Gasteiger partial charge in [-0.25, -0.2) is 0 Å². The van der Waals surface area contributed by atoms with Gasteiger partial charge in [0.15, 0.2) is 0 Å². The van der Waals surface area contributed by atoms with E-state index in [0.717, 1.165) is 0 Å². The number of alkyl halides is 3. The smallest absolute Gasteiger partial charge is 0.397 e. The second-order valence-corrected chi connectivity index (χ2v) is 3.20. The molecule has 0 heterocycles. The molecule has 0 saturated heterocycles. The first-order valence-electron chi connectivity index (χ1n) is 4.49. The lowest BCUT2D eigenvalue weighted by Crippen LogP contribution is -2.28. The summed E-state index contributed by atoms with van der Waals surface area (Å²) in [6.07, 6.45) is -6.02. The average Bonchev–Trinajstić information content (AvgIpc) is 2.14. The van der Waals surface area contributed by atoms with E-state index < -0.39 is 18.5 Å². The SMILES string of the molecule is O=C(CC(F)(F)F)NCc1ccccc1O. The summed E-state index contributed by atoms with van der Waals surface area (Å²) in [7, 11) is 0. The summed E-state index contributed by atoms with van der Waals surface area (Å²) in [6.45, 7) is -0.123. The molecule has 1 rings (SSSR count). The molecule has 0 aliphatic heterocycles. The van der Waals surface area contributed by atoms with Crippen molar-refractivity contribution in [3.05, 3.63) is 29.8 Å². The summed E-state index contributed by atoms with van der Waals surface area (Å²) >= 11 is 0. The molecule has 1 aromatic carbocycles. The van der Waals surface area contributed by atoms with E-state index in [4.69, 9.17) is 0 Å². The molecule has 0 unspecified atom stereocenters. The molecule has 0 spiro atoms. The highest BCUT2D eigenvalue weighted by Gasteiger charge is 2.30. The molecule has 88 valence electrons. The normalized spacial score (nSPS) is 11.2. The Hall–Kier alpha value is -1.72.